The van der Waals surface area contributed by atoms with Gasteiger partial charge in [0, 0.05) is 13.1 Å². The van der Waals surface area contributed by atoms with Crippen molar-refractivity contribution in [1.82, 2.24) is 5.32 Å². The maximum atomic E-state index is 12.6. The van der Waals surface area contributed by atoms with Crippen LogP contribution in [0, 0.1) is 0 Å². The van der Waals surface area contributed by atoms with Crippen molar-refractivity contribution in [3.63, 3.8) is 0 Å². The second kappa shape index (κ2) is 2.38. The van der Waals surface area contributed by atoms with Gasteiger partial charge in [-0.25, -0.2) is 17.6 Å². The molecule has 1 nitrogen and oxygen atoms in total. The van der Waals surface area contributed by atoms with Crippen LogP contribution in [0.1, 0.15) is 0 Å². The van der Waals surface area contributed by atoms with Crippen LogP contribution in [0.3, 0.4) is 0 Å². The van der Waals surface area contributed by atoms with E-state index in [9.17, 15) is 17.6 Å². The summed E-state index contributed by atoms with van der Waals surface area (Å²) in [7, 11) is 0. The van der Waals surface area contributed by atoms with Gasteiger partial charge in [0.15, 0.2) is 6.17 Å². The normalized spacial score (nSPS) is 41.1. The molecular weight excluding hydrogens is 150 g/mol. The number of hydrogen-bond acceptors (Lipinski definition) is 1. The lowest BCUT2D eigenvalue weighted by molar-refractivity contribution is -0.0574. The fourth-order valence-electron chi connectivity index (χ4n) is 0.885. The van der Waals surface area contributed by atoms with E-state index < -0.39 is 24.8 Å². The molecule has 0 saturated carbocycles. The topological polar surface area (TPSA) is 12.0 Å². The molecule has 60 valence electrons. The molecule has 0 aromatic rings. The van der Waals surface area contributed by atoms with Gasteiger partial charge in [0.25, 0.3) is 6.43 Å². The van der Waals surface area contributed by atoms with Crippen molar-refractivity contribution in [2.24, 2.45) is 0 Å². The minimum absolute atomic E-state index is 0.319. The Bertz CT molecular complexity index is 129. The van der Waals surface area contributed by atoms with Crippen LogP contribution >= 0.6 is 0 Å². The molecule has 2 unspecified atom stereocenters. The summed E-state index contributed by atoms with van der Waals surface area (Å²) in [4.78, 5) is 0. The Morgan fingerprint density at radius 2 is 2.10 bits per heavy atom. The molecule has 10 heavy (non-hydrogen) atoms. The van der Waals surface area contributed by atoms with Gasteiger partial charge in [0.2, 0.25) is 5.67 Å². The molecule has 1 saturated heterocycles. The summed E-state index contributed by atoms with van der Waals surface area (Å²) >= 11 is 0. The summed E-state index contributed by atoms with van der Waals surface area (Å²) < 4.78 is 48.4. The van der Waals surface area contributed by atoms with Crippen LogP contribution in [-0.2, 0) is 0 Å². The Labute approximate surface area is 55.4 Å². The maximum Gasteiger partial charge on any atom is 0.276 e. The summed E-state index contributed by atoms with van der Waals surface area (Å²) in [6.07, 6.45) is -5.31. The summed E-state index contributed by atoms with van der Waals surface area (Å²) in [6.45, 7) is -0.910. The highest BCUT2D eigenvalue weighted by Gasteiger charge is 2.51. The lowest BCUT2D eigenvalue weighted by atomic mass is 10.1. The largest absolute Gasteiger partial charge is 0.310 e. The molecule has 0 radical (unpaired) electrons. The van der Waals surface area contributed by atoms with E-state index in [4.69, 9.17) is 0 Å². The fraction of sp³-hybridized carbons (Fsp3) is 1.00. The van der Waals surface area contributed by atoms with E-state index in [0.29, 0.717) is 0 Å². The van der Waals surface area contributed by atoms with Gasteiger partial charge in [0.05, 0.1) is 0 Å². The molecule has 0 aromatic carbocycles. The number of rotatable bonds is 1. The zero-order valence-corrected chi connectivity index (χ0v) is 5.08. The average molecular weight is 157 g/mol. The standard InChI is InChI=1S/C5H7F4N/c6-3-1-10-2-5(3,9)4(7)8/h3-4,10H,1-2H2. The van der Waals surface area contributed by atoms with Crippen LogP contribution in [0.25, 0.3) is 0 Å². The van der Waals surface area contributed by atoms with Crippen LogP contribution < -0.4 is 5.32 Å². The van der Waals surface area contributed by atoms with E-state index in [2.05, 4.69) is 5.32 Å². The van der Waals surface area contributed by atoms with Crippen LogP contribution in [-0.4, -0.2) is 31.4 Å². The molecule has 1 aliphatic rings. The van der Waals surface area contributed by atoms with Crippen LogP contribution in [0.4, 0.5) is 17.6 Å². The first-order valence-corrected chi connectivity index (χ1v) is 2.89. The Morgan fingerprint density at radius 3 is 2.30 bits per heavy atom. The first-order chi connectivity index (χ1) is 4.57. The van der Waals surface area contributed by atoms with E-state index in [0.717, 1.165) is 0 Å². The number of halogens is 4. The summed E-state index contributed by atoms with van der Waals surface area (Å²) in [6, 6.07) is 0. The highest BCUT2D eigenvalue weighted by Crippen LogP contribution is 2.29. The number of alkyl halides is 4. The summed E-state index contributed by atoms with van der Waals surface area (Å²) in [5.41, 5.74) is -2.96. The average Bonchev–Trinajstić information content (AvgIpc) is 2.15. The minimum Gasteiger partial charge on any atom is -0.310 e. The second-order valence-corrected chi connectivity index (χ2v) is 2.33. The summed E-state index contributed by atoms with van der Waals surface area (Å²) in [5.74, 6) is 0. The maximum absolute atomic E-state index is 12.6. The van der Waals surface area contributed by atoms with Crippen molar-refractivity contribution in [3.8, 4) is 0 Å². The molecule has 5 heteroatoms. The molecule has 1 N–H and O–H groups in total. The molecule has 2 atom stereocenters. The molecule has 0 aliphatic carbocycles. The summed E-state index contributed by atoms with van der Waals surface area (Å²) in [5, 5.41) is 2.21. The van der Waals surface area contributed by atoms with Gasteiger partial charge >= 0.3 is 0 Å². The predicted octanol–water partition coefficient (Wildman–Crippen LogP) is 0.901. The first kappa shape index (κ1) is 7.78. The van der Waals surface area contributed by atoms with Gasteiger partial charge < -0.3 is 5.32 Å². The zero-order chi connectivity index (χ0) is 7.78. The van der Waals surface area contributed by atoms with Gasteiger partial charge in [-0.3, -0.25) is 0 Å². The molecule has 1 rings (SSSR count). The molecule has 0 spiro atoms. The van der Waals surface area contributed by atoms with E-state index in [1.54, 1.807) is 0 Å². The predicted molar refractivity (Wildman–Crippen MR) is 27.6 cm³/mol. The third-order valence-electron chi connectivity index (χ3n) is 1.60. The molecule has 0 bridgehead atoms. The fourth-order valence-corrected chi connectivity index (χ4v) is 0.885. The van der Waals surface area contributed by atoms with Crippen molar-refractivity contribution in [1.29, 1.82) is 0 Å². The van der Waals surface area contributed by atoms with E-state index in [-0.39, 0.29) is 6.54 Å². The lowest BCUT2D eigenvalue weighted by Gasteiger charge is -2.18. The Kier molecular flexibility index (Phi) is 1.85. The Balaban J connectivity index is 2.66. The molecule has 0 amide bonds. The van der Waals surface area contributed by atoms with Crippen LogP contribution in [0.5, 0.6) is 0 Å². The smallest absolute Gasteiger partial charge is 0.276 e. The van der Waals surface area contributed by atoms with Gasteiger partial charge in [-0.2, -0.15) is 0 Å². The van der Waals surface area contributed by atoms with Crippen molar-refractivity contribution < 1.29 is 17.6 Å². The number of nitrogens with one attached hydrogen (secondary N) is 1. The van der Waals surface area contributed by atoms with Gasteiger partial charge in [-0.1, -0.05) is 0 Å². The lowest BCUT2D eigenvalue weighted by Crippen LogP contribution is -2.41. The SMILES string of the molecule is FC(F)C1(F)CNCC1F. The van der Waals surface area contributed by atoms with Gasteiger partial charge in [-0.05, 0) is 0 Å². The van der Waals surface area contributed by atoms with Crippen LogP contribution in [0.2, 0.25) is 0 Å². The van der Waals surface area contributed by atoms with Crippen LogP contribution in [0.15, 0.2) is 0 Å². The van der Waals surface area contributed by atoms with E-state index in [1.165, 1.54) is 0 Å². The Morgan fingerprint density at radius 1 is 1.50 bits per heavy atom. The second-order valence-electron chi connectivity index (χ2n) is 2.33. The van der Waals surface area contributed by atoms with Crippen molar-refractivity contribution in [3.05, 3.63) is 0 Å². The zero-order valence-electron chi connectivity index (χ0n) is 5.08. The van der Waals surface area contributed by atoms with E-state index in [1.807, 2.05) is 0 Å². The van der Waals surface area contributed by atoms with Gasteiger partial charge in [0.1, 0.15) is 0 Å². The first-order valence-electron chi connectivity index (χ1n) is 2.89. The van der Waals surface area contributed by atoms with Crippen molar-refractivity contribution in [2.45, 2.75) is 18.3 Å². The third-order valence-corrected chi connectivity index (χ3v) is 1.60. The van der Waals surface area contributed by atoms with Crippen molar-refractivity contribution in [2.75, 3.05) is 13.1 Å². The molecule has 1 aliphatic heterocycles. The molecule has 1 fully saturated rings. The van der Waals surface area contributed by atoms with Crippen molar-refractivity contribution >= 4 is 0 Å². The monoisotopic (exact) mass is 157 g/mol. The minimum atomic E-state index is -3.24. The highest BCUT2D eigenvalue weighted by molar-refractivity contribution is 4.98. The molecule has 0 aromatic heterocycles. The molecule has 1 heterocycles. The third kappa shape index (κ3) is 0.982. The van der Waals surface area contributed by atoms with Gasteiger partial charge in [-0.15, -0.1) is 0 Å². The molecular formula is C5H7F4N. The Hall–Kier alpha value is -0.320. The van der Waals surface area contributed by atoms with E-state index >= 15 is 0 Å². The highest BCUT2D eigenvalue weighted by atomic mass is 19.3. The number of hydrogen-bond donors (Lipinski definition) is 1. The quantitative estimate of drug-likeness (QED) is 0.557.